The molecular formula is C27H21N3O5. The first kappa shape index (κ1) is 22.1. The highest BCUT2D eigenvalue weighted by atomic mass is 16.4. The third kappa shape index (κ3) is 3.85. The van der Waals surface area contributed by atoms with Crippen LogP contribution in [-0.4, -0.2) is 22.7 Å². The molecule has 35 heavy (non-hydrogen) atoms. The summed E-state index contributed by atoms with van der Waals surface area (Å²) in [4.78, 5) is 51.9. The van der Waals surface area contributed by atoms with Crippen molar-refractivity contribution in [2.75, 3.05) is 5.32 Å². The van der Waals surface area contributed by atoms with Crippen molar-refractivity contribution in [3.63, 3.8) is 0 Å². The van der Waals surface area contributed by atoms with Gasteiger partial charge >= 0.3 is 11.7 Å². The van der Waals surface area contributed by atoms with Crippen LogP contribution in [0.5, 0.6) is 0 Å². The summed E-state index contributed by atoms with van der Waals surface area (Å²) in [7, 11) is 0. The van der Waals surface area contributed by atoms with Gasteiger partial charge in [-0.2, -0.15) is 0 Å². The molecule has 2 heterocycles. The van der Waals surface area contributed by atoms with E-state index in [4.69, 9.17) is 4.42 Å². The normalized spacial score (nSPS) is 14.7. The van der Waals surface area contributed by atoms with Crippen LogP contribution in [0.4, 0.5) is 10.5 Å². The number of nitrogens with zero attached hydrogens (tertiary/aromatic N) is 1. The summed E-state index contributed by atoms with van der Waals surface area (Å²) in [5.41, 5.74) is 0.389. The molecule has 8 heteroatoms. The topological polar surface area (TPSA) is 109 Å². The van der Waals surface area contributed by atoms with E-state index in [-0.39, 0.29) is 18.0 Å². The van der Waals surface area contributed by atoms with Crippen LogP contribution in [0.15, 0.2) is 94.1 Å². The number of imide groups is 1. The number of carbonyl (C=O) groups excluding carboxylic acids is 3. The average Bonchev–Trinajstić information content (AvgIpc) is 3.10. The van der Waals surface area contributed by atoms with Gasteiger partial charge in [0.1, 0.15) is 5.58 Å². The smallest absolute Gasteiger partial charge is 0.336 e. The number of rotatable bonds is 5. The molecular weight excluding hydrogens is 446 g/mol. The first-order valence-electron chi connectivity index (χ1n) is 11.0. The van der Waals surface area contributed by atoms with Crippen molar-refractivity contribution >= 4 is 34.5 Å². The van der Waals surface area contributed by atoms with E-state index in [1.54, 1.807) is 36.4 Å². The van der Waals surface area contributed by atoms with Crippen molar-refractivity contribution in [2.24, 2.45) is 0 Å². The van der Waals surface area contributed by atoms with Crippen LogP contribution in [-0.2, 0) is 21.7 Å². The van der Waals surface area contributed by atoms with Gasteiger partial charge in [-0.1, -0.05) is 60.7 Å². The van der Waals surface area contributed by atoms with Crippen LogP contribution in [0, 0.1) is 0 Å². The largest absolute Gasteiger partial charge is 0.423 e. The molecule has 0 spiro atoms. The van der Waals surface area contributed by atoms with E-state index in [1.165, 1.54) is 19.1 Å². The van der Waals surface area contributed by atoms with Gasteiger partial charge in [0.15, 0.2) is 5.54 Å². The summed E-state index contributed by atoms with van der Waals surface area (Å²) in [6.07, 6.45) is 0. The van der Waals surface area contributed by atoms with Gasteiger partial charge in [0.05, 0.1) is 6.54 Å². The molecule has 4 aromatic rings. The molecule has 174 valence electrons. The summed E-state index contributed by atoms with van der Waals surface area (Å²) < 4.78 is 5.31. The predicted molar refractivity (Wildman–Crippen MR) is 130 cm³/mol. The molecule has 0 bridgehead atoms. The number of amides is 4. The van der Waals surface area contributed by atoms with Crippen LogP contribution in [0.2, 0.25) is 0 Å². The van der Waals surface area contributed by atoms with Crippen molar-refractivity contribution in [1.82, 2.24) is 10.2 Å². The SMILES string of the molecule is CC(=O)Nc1ccc2c(CN3C(=O)NC(c4ccccc4)(c4ccccc4)C3=O)cc(=O)oc2c1. The molecule has 1 aliphatic rings. The Morgan fingerprint density at radius 2 is 1.54 bits per heavy atom. The number of carbonyl (C=O) groups is 3. The third-order valence-electron chi connectivity index (χ3n) is 6.00. The zero-order valence-corrected chi connectivity index (χ0v) is 18.8. The highest BCUT2D eigenvalue weighted by Crippen LogP contribution is 2.37. The molecule has 1 aromatic heterocycles. The number of anilines is 1. The maximum Gasteiger partial charge on any atom is 0.336 e. The maximum absolute atomic E-state index is 13.9. The van der Waals surface area contributed by atoms with E-state index in [9.17, 15) is 19.2 Å². The summed E-state index contributed by atoms with van der Waals surface area (Å²) in [6, 6.07) is 23.7. The minimum Gasteiger partial charge on any atom is -0.423 e. The van der Waals surface area contributed by atoms with E-state index in [0.717, 1.165) is 4.90 Å². The fraction of sp³-hybridized carbons (Fsp3) is 0.111. The molecule has 0 saturated carbocycles. The molecule has 0 atom stereocenters. The number of nitrogens with one attached hydrogen (secondary N) is 2. The predicted octanol–water partition coefficient (Wildman–Crippen LogP) is 3.75. The van der Waals surface area contributed by atoms with Gasteiger partial charge in [-0.3, -0.25) is 14.5 Å². The second-order valence-corrected chi connectivity index (χ2v) is 8.29. The number of urea groups is 1. The number of hydrogen-bond acceptors (Lipinski definition) is 5. The Morgan fingerprint density at radius 1 is 0.914 bits per heavy atom. The summed E-state index contributed by atoms with van der Waals surface area (Å²) in [6.45, 7) is 1.24. The standard InChI is InChI=1S/C27H21N3O5/c1-17(31)28-21-12-13-22-18(14-24(32)35-23(22)15-21)16-30-25(33)27(29-26(30)34,19-8-4-2-5-9-19)20-10-6-3-7-11-20/h2-15H,16H2,1H3,(H,28,31)(H,29,34). The van der Waals surface area contributed by atoms with E-state index in [2.05, 4.69) is 10.6 Å². The van der Waals surface area contributed by atoms with Crippen LogP contribution in [0.1, 0.15) is 23.6 Å². The summed E-state index contributed by atoms with van der Waals surface area (Å²) in [5.74, 6) is -0.712. The van der Waals surface area contributed by atoms with Gasteiger partial charge < -0.3 is 15.1 Å². The second kappa shape index (κ2) is 8.57. The Balaban J connectivity index is 1.58. The monoisotopic (exact) mass is 467 g/mol. The molecule has 1 fully saturated rings. The third-order valence-corrected chi connectivity index (χ3v) is 6.00. The first-order chi connectivity index (χ1) is 16.9. The van der Waals surface area contributed by atoms with Crippen molar-refractivity contribution < 1.29 is 18.8 Å². The molecule has 1 aliphatic heterocycles. The lowest BCUT2D eigenvalue weighted by atomic mass is 9.82. The highest BCUT2D eigenvalue weighted by Gasteiger charge is 2.53. The lowest BCUT2D eigenvalue weighted by Gasteiger charge is -2.28. The summed E-state index contributed by atoms with van der Waals surface area (Å²) in [5, 5.41) is 6.09. The Hall–Kier alpha value is -4.72. The van der Waals surface area contributed by atoms with Gasteiger partial charge in [-0.05, 0) is 28.8 Å². The van der Waals surface area contributed by atoms with Gasteiger partial charge in [0.25, 0.3) is 5.91 Å². The lowest BCUT2D eigenvalue weighted by molar-refractivity contribution is -0.130. The summed E-state index contributed by atoms with van der Waals surface area (Å²) >= 11 is 0. The first-order valence-corrected chi connectivity index (χ1v) is 11.0. The van der Waals surface area contributed by atoms with Gasteiger partial charge in [-0.15, -0.1) is 0 Å². The quantitative estimate of drug-likeness (QED) is 0.343. The molecule has 5 rings (SSSR count). The molecule has 0 unspecified atom stereocenters. The maximum atomic E-state index is 13.9. The van der Waals surface area contributed by atoms with Crippen molar-refractivity contribution in [3.05, 3.63) is 112 Å². The van der Waals surface area contributed by atoms with Crippen LogP contribution in [0.25, 0.3) is 11.0 Å². The van der Waals surface area contributed by atoms with Gasteiger partial charge in [0, 0.05) is 30.1 Å². The van der Waals surface area contributed by atoms with Crippen LogP contribution >= 0.6 is 0 Å². The zero-order valence-electron chi connectivity index (χ0n) is 18.8. The second-order valence-electron chi connectivity index (χ2n) is 8.29. The van der Waals surface area contributed by atoms with Crippen molar-refractivity contribution in [3.8, 4) is 0 Å². The van der Waals surface area contributed by atoms with Crippen LogP contribution < -0.4 is 16.3 Å². The molecule has 4 amide bonds. The van der Waals surface area contributed by atoms with Crippen molar-refractivity contribution in [2.45, 2.75) is 19.0 Å². The average molecular weight is 467 g/mol. The van der Waals surface area contributed by atoms with E-state index in [1.807, 2.05) is 36.4 Å². The minimum atomic E-state index is -1.40. The Labute approximate surface area is 200 Å². The molecule has 3 aromatic carbocycles. The molecule has 1 saturated heterocycles. The molecule has 0 radical (unpaired) electrons. The Bertz CT molecular complexity index is 1470. The van der Waals surface area contributed by atoms with E-state index < -0.39 is 23.1 Å². The number of benzene rings is 3. The van der Waals surface area contributed by atoms with E-state index >= 15 is 0 Å². The highest BCUT2D eigenvalue weighted by molar-refractivity contribution is 6.09. The zero-order chi connectivity index (χ0) is 24.6. The molecule has 8 nitrogen and oxygen atoms in total. The van der Waals surface area contributed by atoms with Crippen LogP contribution in [0.3, 0.4) is 0 Å². The lowest BCUT2D eigenvalue weighted by Crippen LogP contribution is -2.45. The van der Waals surface area contributed by atoms with Gasteiger partial charge in [0.2, 0.25) is 5.91 Å². The minimum absolute atomic E-state index is 0.131. The fourth-order valence-electron chi connectivity index (χ4n) is 4.47. The Kier molecular flexibility index (Phi) is 5.41. The fourth-order valence-corrected chi connectivity index (χ4v) is 4.47. The van der Waals surface area contributed by atoms with Gasteiger partial charge in [-0.25, -0.2) is 9.59 Å². The number of fused-ring (bicyclic) bond motifs is 1. The number of hydrogen-bond donors (Lipinski definition) is 2. The van der Waals surface area contributed by atoms with Crippen molar-refractivity contribution in [1.29, 1.82) is 0 Å². The molecule has 0 aliphatic carbocycles. The molecule has 2 N–H and O–H groups in total. The van der Waals surface area contributed by atoms with E-state index in [0.29, 0.717) is 27.8 Å². The Morgan fingerprint density at radius 3 is 2.14 bits per heavy atom.